The average molecular weight is 477 g/mol. The largest absolute Gasteiger partial charge is 0.394 e. The van der Waals surface area contributed by atoms with Crippen LogP contribution >= 0.6 is 0 Å². The highest BCUT2D eigenvalue weighted by molar-refractivity contribution is 5.12. The van der Waals surface area contributed by atoms with Crippen molar-refractivity contribution in [3.63, 3.8) is 0 Å². The van der Waals surface area contributed by atoms with Crippen LogP contribution in [0.2, 0.25) is 0 Å². The SMILES string of the molecule is C=C(CO[C@@H]1O[C@H](CO)[C@@H](O)[C@H](O)[C@H]1O)[C@@H]1CC[C@]2(C1)[C@@H](C(OC)OC)C[C@@H](O)[C@H](O)[C@H]2C. The van der Waals surface area contributed by atoms with Gasteiger partial charge < -0.3 is 49.6 Å². The van der Waals surface area contributed by atoms with Gasteiger partial charge in [-0.05, 0) is 48.5 Å². The monoisotopic (exact) mass is 476 g/mol. The maximum Gasteiger partial charge on any atom is 0.187 e. The van der Waals surface area contributed by atoms with E-state index in [0.717, 1.165) is 18.4 Å². The normalized spacial score (nSPS) is 46.2. The standard InChI is InChI=1S/C23H40O10/c1-11(10-32-22-20(29)19(28)18(27)16(9-24)33-22)13-5-6-23(8-13)12(2)17(26)15(25)7-14(23)21(30-3)31-4/h12-22,24-29H,1,5-10H2,2-4H3/t12-,13-,14-,15-,16-,17-,18-,19+,20-,22-,23-/m1/s1. The molecule has 1 heterocycles. The van der Waals surface area contributed by atoms with E-state index in [9.17, 15) is 30.6 Å². The molecule has 3 aliphatic rings. The van der Waals surface area contributed by atoms with E-state index in [4.69, 9.17) is 18.9 Å². The summed E-state index contributed by atoms with van der Waals surface area (Å²) < 4.78 is 22.2. The molecule has 0 aromatic carbocycles. The van der Waals surface area contributed by atoms with E-state index in [0.29, 0.717) is 12.8 Å². The third kappa shape index (κ3) is 5.02. The van der Waals surface area contributed by atoms with Crippen LogP contribution < -0.4 is 0 Å². The van der Waals surface area contributed by atoms with E-state index in [2.05, 4.69) is 6.58 Å². The van der Waals surface area contributed by atoms with E-state index >= 15 is 0 Å². The molecule has 1 saturated heterocycles. The Bertz CT molecular complexity index is 655. The molecule has 0 radical (unpaired) electrons. The molecule has 6 N–H and O–H groups in total. The van der Waals surface area contributed by atoms with Crippen molar-refractivity contribution >= 4 is 0 Å². The average Bonchev–Trinajstić information content (AvgIpc) is 3.26. The number of rotatable bonds is 8. The highest BCUT2D eigenvalue weighted by atomic mass is 16.7. The predicted octanol–water partition coefficient (Wildman–Crippen LogP) is -0.858. The molecule has 3 rings (SSSR count). The number of methoxy groups -OCH3 is 2. The molecule has 0 aromatic heterocycles. The fourth-order valence-corrected chi connectivity index (χ4v) is 6.17. The van der Waals surface area contributed by atoms with E-state index < -0.39 is 55.8 Å². The van der Waals surface area contributed by atoms with Gasteiger partial charge >= 0.3 is 0 Å². The van der Waals surface area contributed by atoms with Crippen LogP contribution in [0, 0.1) is 23.2 Å². The van der Waals surface area contributed by atoms with Crippen LogP contribution in [0.25, 0.3) is 0 Å². The van der Waals surface area contributed by atoms with Gasteiger partial charge in [-0.25, -0.2) is 0 Å². The smallest absolute Gasteiger partial charge is 0.187 e. The molecule has 0 unspecified atom stereocenters. The molecular formula is C23H40O10. The van der Waals surface area contributed by atoms with E-state index in [-0.39, 0.29) is 29.8 Å². The van der Waals surface area contributed by atoms with Gasteiger partial charge in [0.1, 0.15) is 24.4 Å². The summed E-state index contributed by atoms with van der Waals surface area (Å²) in [5, 5.41) is 60.5. The van der Waals surface area contributed by atoms with Gasteiger partial charge in [-0.2, -0.15) is 0 Å². The minimum absolute atomic E-state index is 0.0612. The van der Waals surface area contributed by atoms with Gasteiger partial charge in [0.2, 0.25) is 0 Å². The lowest BCUT2D eigenvalue weighted by Gasteiger charge is -2.52. The number of aliphatic hydroxyl groups excluding tert-OH is 6. The van der Waals surface area contributed by atoms with Crippen molar-refractivity contribution in [3.8, 4) is 0 Å². The first-order chi connectivity index (χ1) is 15.6. The molecule has 2 saturated carbocycles. The number of hydrogen-bond acceptors (Lipinski definition) is 10. The Balaban J connectivity index is 1.67. The van der Waals surface area contributed by atoms with Crippen molar-refractivity contribution in [1.29, 1.82) is 0 Å². The first-order valence-electron chi connectivity index (χ1n) is 11.6. The summed E-state index contributed by atoms with van der Waals surface area (Å²) in [7, 11) is 3.15. The first-order valence-corrected chi connectivity index (χ1v) is 11.6. The Labute approximate surface area is 194 Å². The maximum atomic E-state index is 10.7. The fourth-order valence-electron chi connectivity index (χ4n) is 6.17. The molecule has 10 heteroatoms. The highest BCUT2D eigenvalue weighted by Gasteiger charge is 2.58. The van der Waals surface area contributed by atoms with Crippen LogP contribution in [0.15, 0.2) is 12.2 Å². The van der Waals surface area contributed by atoms with Gasteiger partial charge in [0.05, 0.1) is 25.4 Å². The number of ether oxygens (including phenoxy) is 4. The van der Waals surface area contributed by atoms with Crippen molar-refractivity contribution in [3.05, 3.63) is 12.2 Å². The van der Waals surface area contributed by atoms with Crippen LogP contribution in [0.5, 0.6) is 0 Å². The summed E-state index contributed by atoms with van der Waals surface area (Å²) in [6.07, 6.45) is -6.15. The quantitative estimate of drug-likeness (QED) is 0.192. The Morgan fingerprint density at radius 1 is 1.06 bits per heavy atom. The summed E-state index contributed by atoms with van der Waals surface area (Å²) in [6, 6.07) is 0. The van der Waals surface area contributed by atoms with Gasteiger partial charge in [-0.3, -0.25) is 0 Å². The Kier molecular flexibility index (Phi) is 8.93. The Hall–Kier alpha value is -0.660. The third-order valence-corrected chi connectivity index (χ3v) is 8.28. The molecule has 1 aliphatic heterocycles. The molecule has 10 nitrogen and oxygen atoms in total. The minimum Gasteiger partial charge on any atom is -0.394 e. The molecule has 0 amide bonds. The lowest BCUT2D eigenvalue weighted by molar-refractivity contribution is -0.299. The topological polar surface area (TPSA) is 158 Å². The predicted molar refractivity (Wildman–Crippen MR) is 116 cm³/mol. The summed E-state index contributed by atoms with van der Waals surface area (Å²) in [4.78, 5) is 0. The van der Waals surface area contributed by atoms with Gasteiger partial charge in [0, 0.05) is 20.1 Å². The molecule has 2 aliphatic carbocycles. The van der Waals surface area contributed by atoms with Crippen molar-refractivity contribution in [1.82, 2.24) is 0 Å². The third-order valence-electron chi connectivity index (χ3n) is 8.28. The zero-order valence-electron chi connectivity index (χ0n) is 19.6. The van der Waals surface area contributed by atoms with Gasteiger partial charge in [0.25, 0.3) is 0 Å². The first kappa shape index (κ1) is 26.9. The van der Waals surface area contributed by atoms with E-state index in [1.165, 1.54) is 0 Å². The van der Waals surface area contributed by atoms with Crippen molar-refractivity contribution in [2.45, 2.75) is 81.8 Å². The second-order valence-electron chi connectivity index (χ2n) is 9.87. The molecule has 3 fully saturated rings. The van der Waals surface area contributed by atoms with Gasteiger partial charge in [-0.15, -0.1) is 0 Å². The van der Waals surface area contributed by atoms with Crippen LogP contribution in [0.4, 0.5) is 0 Å². The molecule has 11 atom stereocenters. The van der Waals surface area contributed by atoms with Crippen LogP contribution in [-0.4, -0.2) is 107 Å². The number of hydrogen-bond donors (Lipinski definition) is 6. The van der Waals surface area contributed by atoms with E-state index in [1.54, 1.807) is 14.2 Å². The van der Waals surface area contributed by atoms with E-state index in [1.807, 2.05) is 6.92 Å². The van der Waals surface area contributed by atoms with Crippen LogP contribution in [0.1, 0.15) is 32.6 Å². The zero-order valence-corrected chi connectivity index (χ0v) is 19.6. The highest BCUT2D eigenvalue weighted by Crippen LogP contribution is 2.59. The lowest BCUT2D eigenvalue weighted by Crippen LogP contribution is -2.59. The van der Waals surface area contributed by atoms with Crippen LogP contribution in [0.3, 0.4) is 0 Å². The summed E-state index contributed by atoms with van der Waals surface area (Å²) in [6.45, 7) is 5.66. The van der Waals surface area contributed by atoms with Crippen molar-refractivity contribution in [2.75, 3.05) is 27.4 Å². The fraction of sp³-hybridized carbons (Fsp3) is 0.913. The van der Waals surface area contributed by atoms with Gasteiger partial charge in [0.15, 0.2) is 12.6 Å². The summed E-state index contributed by atoms with van der Waals surface area (Å²) in [5.74, 6) is -0.218. The van der Waals surface area contributed by atoms with Gasteiger partial charge in [-0.1, -0.05) is 13.5 Å². The molecule has 0 aromatic rings. The zero-order chi connectivity index (χ0) is 24.5. The molecule has 0 bridgehead atoms. The van der Waals surface area contributed by atoms with Crippen molar-refractivity contribution in [2.24, 2.45) is 23.2 Å². The summed E-state index contributed by atoms with van der Waals surface area (Å²) >= 11 is 0. The van der Waals surface area contributed by atoms with Crippen LogP contribution in [-0.2, 0) is 18.9 Å². The number of aliphatic hydroxyl groups is 6. The molecular weight excluding hydrogens is 436 g/mol. The summed E-state index contributed by atoms with van der Waals surface area (Å²) in [5.41, 5.74) is 0.466. The minimum atomic E-state index is -1.50. The Morgan fingerprint density at radius 3 is 2.33 bits per heavy atom. The molecule has 192 valence electrons. The molecule has 1 spiro atoms. The lowest BCUT2D eigenvalue weighted by atomic mass is 9.57. The van der Waals surface area contributed by atoms with Crippen molar-refractivity contribution < 1.29 is 49.6 Å². The second kappa shape index (κ2) is 10.9. The molecule has 33 heavy (non-hydrogen) atoms. The maximum absolute atomic E-state index is 10.7. The Morgan fingerprint density at radius 2 is 1.73 bits per heavy atom. The second-order valence-corrected chi connectivity index (χ2v) is 9.87.